The fourth-order valence-corrected chi connectivity index (χ4v) is 2.37. The molecule has 1 N–H and O–H groups in total. The Hall–Kier alpha value is -1.73. The van der Waals surface area contributed by atoms with Crippen LogP contribution in [0.5, 0.6) is 0 Å². The van der Waals surface area contributed by atoms with Crippen molar-refractivity contribution in [3.63, 3.8) is 0 Å². The highest BCUT2D eigenvalue weighted by molar-refractivity contribution is 9.10. The van der Waals surface area contributed by atoms with Crippen LogP contribution < -0.4 is 5.32 Å². The molecule has 0 unspecified atom stereocenters. The van der Waals surface area contributed by atoms with Crippen molar-refractivity contribution in [2.75, 3.05) is 5.32 Å². The molecule has 8 heteroatoms. The molecule has 0 heterocycles. The summed E-state index contributed by atoms with van der Waals surface area (Å²) >= 11 is 8.75. The minimum Gasteiger partial charge on any atom is -0.376 e. The molecule has 2 rings (SSSR count). The maximum atomic E-state index is 13.7. The van der Waals surface area contributed by atoms with Crippen LogP contribution in [0.3, 0.4) is 0 Å². The summed E-state index contributed by atoms with van der Waals surface area (Å²) in [5.74, 6) is -1.60. The van der Waals surface area contributed by atoms with Gasteiger partial charge in [-0.3, -0.25) is 10.1 Å². The van der Waals surface area contributed by atoms with Crippen LogP contribution >= 0.6 is 27.5 Å². The maximum Gasteiger partial charge on any atom is 0.274 e. The van der Waals surface area contributed by atoms with Crippen LogP contribution in [0.2, 0.25) is 5.02 Å². The summed E-state index contributed by atoms with van der Waals surface area (Å²) in [5, 5.41) is 13.7. The normalized spacial score (nSPS) is 10.5. The third-order valence-corrected chi connectivity index (χ3v) is 3.39. The molecule has 21 heavy (non-hydrogen) atoms. The van der Waals surface area contributed by atoms with Crippen molar-refractivity contribution in [3.8, 4) is 0 Å². The standard InChI is InChI=1S/C13H8BrClF2N2O2/c14-8-4-10(16)13(11(17)5-8)18-6-7-3-9(15)1-2-12(7)19(20)21/h1-5,18H,6H2. The van der Waals surface area contributed by atoms with E-state index in [0.717, 1.165) is 12.1 Å². The Morgan fingerprint density at radius 1 is 1.24 bits per heavy atom. The first-order chi connectivity index (χ1) is 9.88. The fourth-order valence-electron chi connectivity index (χ4n) is 1.77. The molecule has 0 aromatic heterocycles. The molecule has 0 aliphatic rings. The van der Waals surface area contributed by atoms with Crippen molar-refractivity contribution in [3.05, 3.63) is 67.1 Å². The number of rotatable bonds is 4. The lowest BCUT2D eigenvalue weighted by molar-refractivity contribution is -0.385. The summed E-state index contributed by atoms with van der Waals surface area (Å²) in [6.45, 7) is -0.133. The molecule has 0 fully saturated rings. The zero-order valence-electron chi connectivity index (χ0n) is 10.4. The van der Waals surface area contributed by atoms with E-state index < -0.39 is 16.6 Å². The number of nitro groups is 1. The van der Waals surface area contributed by atoms with E-state index in [-0.39, 0.29) is 28.0 Å². The monoisotopic (exact) mass is 376 g/mol. The van der Waals surface area contributed by atoms with Crippen molar-refractivity contribution in [1.82, 2.24) is 0 Å². The van der Waals surface area contributed by atoms with Crippen molar-refractivity contribution in [1.29, 1.82) is 0 Å². The third-order valence-electron chi connectivity index (χ3n) is 2.70. The van der Waals surface area contributed by atoms with E-state index >= 15 is 0 Å². The van der Waals surface area contributed by atoms with Gasteiger partial charge in [-0.25, -0.2) is 8.78 Å². The van der Waals surface area contributed by atoms with Gasteiger partial charge in [-0.1, -0.05) is 27.5 Å². The van der Waals surface area contributed by atoms with Crippen LogP contribution in [0.4, 0.5) is 20.2 Å². The largest absolute Gasteiger partial charge is 0.376 e. The van der Waals surface area contributed by atoms with Crippen LogP contribution in [0, 0.1) is 21.7 Å². The summed E-state index contributed by atoms with van der Waals surface area (Å²) in [6, 6.07) is 6.19. The van der Waals surface area contributed by atoms with Gasteiger partial charge in [0, 0.05) is 22.1 Å². The van der Waals surface area contributed by atoms with Crippen LogP contribution in [0.25, 0.3) is 0 Å². The van der Waals surface area contributed by atoms with Crippen LogP contribution in [-0.4, -0.2) is 4.92 Å². The number of benzene rings is 2. The number of hydrogen-bond donors (Lipinski definition) is 1. The molecule has 0 atom stereocenters. The van der Waals surface area contributed by atoms with Gasteiger partial charge in [-0.05, 0) is 24.3 Å². The van der Waals surface area contributed by atoms with Gasteiger partial charge < -0.3 is 5.32 Å². The van der Waals surface area contributed by atoms with E-state index in [1.807, 2.05) is 0 Å². The smallest absolute Gasteiger partial charge is 0.274 e. The number of anilines is 1. The van der Waals surface area contributed by atoms with Gasteiger partial charge in [-0.2, -0.15) is 0 Å². The molecule has 0 amide bonds. The average molecular weight is 378 g/mol. The van der Waals surface area contributed by atoms with Gasteiger partial charge in [0.25, 0.3) is 5.69 Å². The van der Waals surface area contributed by atoms with E-state index in [2.05, 4.69) is 21.2 Å². The first-order valence-corrected chi connectivity index (χ1v) is 6.87. The van der Waals surface area contributed by atoms with Gasteiger partial charge in [0.2, 0.25) is 0 Å². The molecule has 2 aromatic rings. The Kier molecular flexibility index (Phi) is 4.74. The van der Waals surface area contributed by atoms with Crippen molar-refractivity contribution >= 4 is 38.9 Å². The molecule has 110 valence electrons. The summed E-state index contributed by atoms with van der Waals surface area (Å²) in [4.78, 5) is 10.3. The summed E-state index contributed by atoms with van der Waals surface area (Å²) in [7, 11) is 0. The number of nitro benzene ring substituents is 1. The number of nitrogens with one attached hydrogen (secondary N) is 1. The molecule has 0 aliphatic heterocycles. The minimum absolute atomic E-state index is 0.133. The fraction of sp³-hybridized carbons (Fsp3) is 0.0769. The van der Waals surface area contributed by atoms with Gasteiger partial charge >= 0.3 is 0 Å². The SMILES string of the molecule is O=[N+]([O-])c1ccc(Cl)cc1CNc1c(F)cc(Br)cc1F. The van der Waals surface area contributed by atoms with E-state index in [0.29, 0.717) is 5.02 Å². The first-order valence-electron chi connectivity index (χ1n) is 5.69. The first kappa shape index (κ1) is 15.7. The van der Waals surface area contributed by atoms with Crippen molar-refractivity contribution < 1.29 is 13.7 Å². The highest BCUT2D eigenvalue weighted by Gasteiger charge is 2.16. The number of halogens is 4. The molecular formula is C13H8BrClF2N2O2. The Bertz CT molecular complexity index is 690. The van der Waals surface area contributed by atoms with E-state index in [4.69, 9.17) is 11.6 Å². The lowest BCUT2D eigenvalue weighted by Gasteiger charge is -2.10. The van der Waals surface area contributed by atoms with Gasteiger partial charge in [0.15, 0.2) is 0 Å². The minimum atomic E-state index is -0.799. The van der Waals surface area contributed by atoms with Gasteiger partial charge in [-0.15, -0.1) is 0 Å². The predicted molar refractivity (Wildman–Crippen MR) is 79.5 cm³/mol. The highest BCUT2D eigenvalue weighted by Crippen LogP contribution is 2.27. The van der Waals surface area contributed by atoms with Crippen molar-refractivity contribution in [2.45, 2.75) is 6.54 Å². The second-order valence-electron chi connectivity index (χ2n) is 4.13. The second kappa shape index (κ2) is 6.36. The van der Waals surface area contributed by atoms with Crippen LogP contribution in [0.15, 0.2) is 34.8 Å². The quantitative estimate of drug-likeness (QED) is 0.609. The van der Waals surface area contributed by atoms with E-state index in [9.17, 15) is 18.9 Å². The molecule has 0 bridgehead atoms. The van der Waals surface area contributed by atoms with E-state index in [1.54, 1.807) is 0 Å². The number of hydrogen-bond acceptors (Lipinski definition) is 3. The maximum absolute atomic E-state index is 13.7. The van der Waals surface area contributed by atoms with Gasteiger partial charge in [0.05, 0.1) is 10.5 Å². The third kappa shape index (κ3) is 3.68. The molecule has 0 saturated heterocycles. The molecule has 4 nitrogen and oxygen atoms in total. The second-order valence-corrected chi connectivity index (χ2v) is 5.48. The van der Waals surface area contributed by atoms with Gasteiger partial charge in [0.1, 0.15) is 17.3 Å². The average Bonchev–Trinajstić information content (AvgIpc) is 2.37. The Labute approximate surface area is 132 Å². The Morgan fingerprint density at radius 3 is 2.43 bits per heavy atom. The molecule has 0 saturated carbocycles. The summed E-state index contributed by atoms with van der Waals surface area (Å²) in [6.07, 6.45) is 0. The molecular weight excluding hydrogens is 370 g/mol. The molecule has 2 aromatic carbocycles. The molecule has 0 aliphatic carbocycles. The summed E-state index contributed by atoms with van der Waals surface area (Å²) in [5.41, 5.74) is -0.300. The zero-order chi connectivity index (χ0) is 15.6. The lowest BCUT2D eigenvalue weighted by atomic mass is 10.1. The lowest BCUT2D eigenvalue weighted by Crippen LogP contribution is -2.06. The number of nitrogens with zero attached hydrogens (tertiary/aromatic N) is 1. The topological polar surface area (TPSA) is 55.2 Å². The molecule has 0 radical (unpaired) electrons. The Morgan fingerprint density at radius 2 is 1.86 bits per heavy atom. The van der Waals surface area contributed by atoms with Crippen molar-refractivity contribution in [2.24, 2.45) is 0 Å². The zero-order valence-corrected chi connectivity index (χ0v) is 12.7. The Balaban J connectivity index is 2.28. The summed E-state index contributed by atoms with van der Waals surface area (Å²) < 4.78 is 27.6. The highest BCUT2D eigenvalue weighted by atomic mass is 79.9. The van der Waals surface area contributed by atoms with E-state index in [1.165, 1.54) is 18.2 Å². The molecule has 0 spiro atoms. The van der Waals surface area contributed by atoms with Crippen LogP contribution in [-0.2, 0) is 6.54 Å². The predicted octanol–water partition coefficient (Wildman–Crippen LogP) is 4.90. The van der Waals surface area contributed by atoms with Crippen LogP contribution in [0.1, 0.15) is 5.56 Å².